The molecule has 0 radical (unpaired) electrons. The van der Waals surface area contributed by atoms with Gasteiger partial charge in [-0.15, -0.1) is 0 Å². The molecule has 3 rings (SSSR count). The van der Waals surface area contributed by atoms with Gasteiger partial charge in [-0.05, 0) is 24.0 Å². The molecule has 0 amide bonds. The highest BCUT2D eigenvalue weighted by Crippen LogP contribution is 2.35. The second-order valence-electron chi connectivity index (χ2n) is 4.28. The highest BCUT2D eigenvalue weighted by molar-refractivity contribution is 5.88. The molecule has 1 N–H and O–H groups in total. The Morgan fingerprint density at radius 1 is 1.29 bits per heavy atom. The van der Waals surface area contributed by atoms with Gasteiger partial charge in [0, 0.05) is 5.92 Å². The fourth-order valence-electron chi connectivity index (χ4n) is 2.45. The largest absolute Gasteiger partial charge is 0.478 e. The van der Waals surface area contributed by atoms with E-state index in [0.29, 0.717) is 5.76 Å². The Labute approximate surface area is 97.9 Å². The number of carboxylic acids is 1. The quantitative estimate of drug-likeness (QED) is 0.857. The van der Waals surface area contributed by atoms with Crippen LogP contribution in [0.1, 0.15) is 33.2 Å². The lowest BCUT2D eigenvalue weighted by Crippen LogP contribution is -2.04. The van der Waals surface area contributed by atoms with E-state index in [1.54, 1.807) is 0 Å². The van der Waals surface area contributed by atoms with Gasteiger partial charge in [0.05, 0.1) is 6.20 Å². The van der Waals surface area contributed by atoms with Crippen molar-refractivity contribution in [2.45, 2.75) is 18.8 Å². The van der Waals surface area contributed by atoms with Gasteiger partial charge in [0.15, 0.2) is 5.76 Å². The first-order chi connectivity index (χ1) is 8.25. The van der Waals surface area contributed by atoms with Gasteiger partial charge < -0.3 is 9.63 Å². The number of fused-ring (bicyclic) bond motifs is 1. The maximum atomic E-state index is 11.0. The Balaban J connectivity index is 1.94. The molecule has 0 aliphatic heterocycles. The van der Waals surface area contributed by atoms with Crippen molar-refractivity contribution in [1.82, 2.24) is 5.16 Å². The molecule has 0 fully saturated rings. The predicted octanol–water partition coefficient (Wildman–Crippen LogP) is 2.26. The van der Waals surface area contributed by atoms with Crippen molar-refractivity contribution in [2.75, 3.05) is 0 Å². The lowest BCUT2D eigenvalue weighted by Gasteiger charge is -2.04. The summed E-state index contributed by atoms with van der Waals surface area (Å²) in [5, 5.41) is 12.6. The Hall–Kier alpha value is -2.10. The highest BCUT2D eigenvalue weighted by atomic mass is 16.5. The van der Waals surface area contributed by atoms with E-state index in [0.717, 1.165) is 12.8 Å². The number of carboxylic acid groups (broad SMARTS) is 1. The first kappa shape index (κ1) is 10.1. The Morgan fingerprint density at radius 2 is 1.94 bits per heavy atom. The smallest absolute Gasteiger partial charge is 0.340 e. The van der Waals surface area contributed by atoms with E-state index in [-0.39, 0.29) is 11.5 Å². The summed E-state index contributed by atoms with van der Waals surface area (Å²) in [6, 6.07) is 8.15. The molecular formula is C13H11NO3. The number of carbonyl (C=O) groups is 1. The molecule has 4 heteroatoms. The number of aromatic nitrogens is 1. The summed E-state index contributed by atoms with van der Waals surface area (Å²) in [6.07, 6.45) is 2.93. The molecule has 86 valence electrons. The number of hydrogen-bond donors (Lipinski definition) is 1. The van der Waals surface area contributed by atoms with Crippen LogP contribution in [-0.4, -0.2) is 16.2 Å². The second kappa shape index (κ2) is 3.73. The van der Waals surface area contributed by atoms with Gasteiger partial charge in [-0.1, -0.05) is 29.4 Å². The maximum absolute atomic E-state index is 11.0. The molecular weight excluding hydrogens is 218 g/mol. The molecule has 0 saturated carbocycles. The van der Waals surface area contributed by atoms with Crippen molar-refractivity contribution in [3.8, 4) is 0 Å². The minimum absolute atomic E-state index is 0.0981. The summed E-state index contributed by atoms with van der Waals surface area (Å²) < 4.78 is 5.11. The maximum Gasteiger partial charge on any atom is 0.340 e. The van der Waals surface area contributed by atoms with Crippen molar-refractivity contribution in [2.24, 2.45) is 0 Å². The minimum atomic E-state index is -0.975. The van der Waals surface area contributed by atoms with Crippen LogP contribution in [0.3, 0.4) is 0 Å². The van der Waals surface area contributed by atoms with Crippen LogP contribution in [0, 0.1) is 0 Å². The average molecular weight is 229 g/mol. The van der Waals surface area contributed by atoms with Gasteiger partial charge >= 0.3 is 5.97 Å². The van der Waals surface area contributed by atoms with Crippen molar-refractivity contribution < 1.29 is 14.4 Å². The SMILES string of the molecule is O=C(O)c1cnoc1C1Cc2ccccc2C1. The van der Waals surface area contributed by atoms with Crippen molar-refractivity contribution in [3.63, 3.8) is 0 Å². The number of aromatic carboxylic acids is 1. The van der Waals surface area contributed by atoms with Crippen LogP contribution < -0.4 is 0 Å². The second-order valence-corrected chi connectivity index (χ2v) is 4.28. The van der Waals surface area contributed by atoms with E-state index >= 15 is 0 Å². The molecule has 1 aromatic heterocycles. The van der Waals surface area contributed by atoms with Crippen molar-refractivity contribution in [3.05, 3.63) is 52.9 Å². The van der Waals surface area contributed by atoms with E-state index < -0.39 is 5.97 Å². The molecule has 1 aromatic carbocycles. The van der Waals surface area contributed by atoms with Gasteiger partial charge in [0.2, 0.25) is 0 Å². The van der Waals surface area contributed by atoms with Gasteiger partial charge in [-0.2, -0.15) is 0 Å². The van der Waals surface area contributed by atoms with Crippen LogP contribution in [-0.2, 0) is 12.8 Å². The van der Waals surface area contributed by atoms with Crippen LogP contribution in [0.25, 0.3) is 0 Å². The summed E-state index contributed by atoms with van der Waals surface area (Å²) in [5.41, 5.74) is 2.72. The highest BCUT2D eigenvalue weighted by Gasteiger charge is 2.29. The summed E-state index contributed by atoms with van der Waals surface area (Å²) in [4.78, 5) is 11.0. The fourth-order valence-corrected chi connectivity index (χ4v) is 2.45. The molecule has 2 aromatic rings. The summed E-state index contributed by atoms with van der Waals surface area (Å²) in [7, 11) is 0. The molecule has 0 spiro atoms. The fraction of sp³-hybridized carbons (Fsp3) is 0.231. The molecule has 0 atom stereocenters. The van der Waals surface area contributed by atoms with Crippen LogP contribution in [0.15, 0.2) is 35.0 Å². The van der Waals surface area contributed by atoms with Crippen molar-refractivity contribution >= 4 is 5.97 Å². The monoisotopic (exact) mass is 229 g/mol. The molecule has 0 unspecified atom stereocenters. The lowest BCUT2D eigenvalue weighted by molar-refractivity contribution is 0.0693. The third kappa shape index (κ3) is 1.62. The predicted molar refractivity (Wildman–Crippen MR) is 60.1 cm³/mol. The Kier molecular flexibility index (Phi) is 2.21. The van der Waals surface area contributed by atoms with Crippen LogP contribution in [0.4, 0.5) is 0 Å². The zero-order valence-electron chi connectivity index (χ0n) is 9.09. The van der Waals surface area contributed by atoms with Crippen LogP contribution in [0.2, 0.25) is 0 Å². The Bertz CT molecular complexity index is 549. The van der Waals surface area contributed by atoms with Crippen LogP contribution >= 0.6 is 0 Å². The number of rotatable bonds is 2. The minimum Gasteiger partial charge on any atom is -0.478 e. The average Bonchev–Trinajstić information content (AvgIpc) is 2.95. The third-order valence-electron chi connectivity index (χ3n) is 3.25. The summed E-state index contributed by atoms with van der Waals surface area (Å²) in [5.74, 6) is -0.382. The zero-order valence-corrected chi connectivity index (χ0v) is 9.09. The topological polar surface area (TPSA) is 63.3 Å². The molecule has 0 bridgehead atoms. The standard InChI is InChI=1S/C13H11NO3/c15-13(16)11-7-14-17-12(11)10-5-8-3-1-2-4-9(8)6-10/h1-4,7,10H,5-6H2,(H,15,16). The lowest BCUT2D eigenvalue weighted by atomic mass is 10.00. The number of benzene rings is 1. The normalized spacial score (nSPS) is 14.8. The van der Waals surface area contributed by atoms with E-state index in [4.69, 9.17) is 9.63 Å². The number of hydrogen-bond acceptors (Lipinski definition) is 3. The first-order valence-corrected chi connectivity index (χ1v) is 5.50. The van der Waals surface area contributed by atoms with Gasteiger partial charge in [-0.3, -0.25) is 0 Å². The van der Waals surface area contributed by atoms with Crippen LogP contribution in [0.5, 0.6) is 0 Å². The molecule has 1 aliphatic carbocycles. The Morgan fingerprint density at radius 3 is 2.53 bits per heavy atom. The van der Waals surface area contributed by atoms with Gasteiger partial charge in [0.25, 0.3) is 0 Å². The zero-order chi connectivity index (χ0) is 11.8. The molecule has 17 heavy (non-hydrogen) atoms. The molecule has 0 saturated heterocycles. The molecule has 1 aliphatic rings. The number of nitrogens with zero attached hydrogens (tertiary/aromatic N) is 1. The summed E-state index contributed by atoms with van der Waals surface area (Å²) >= 11 is 0. The van der Waals surface area contributed by atoms with Gasteiger partial charge in [0.1, 0.15) is 5.56 Å². The third-order valence-corrected chi connectivity index (χ3v) is 3.25. The molecule has 4 nitrogen and oxygen atoms in total. The first-order valence-electron chi connectivity index (χ1n) is 5.50. The summed E-state index contributed by atoms with van der Waals surface area (Å²) in [6.45, 7) is 0. The van der Waals surface area contributed by atoms with Crippen molar-refractivity contribution in [1.29, 1.82) is 0 Å². The van der Waals surface area contributed by atoms with E-state index in [1.807, 2.05) is 12.1 Å². The van der Waals surface area contributed by atoms with Gasteiger partial charge in [-0.25, -0.2) is 4.79 Å². The van der Waals surface area contributed by atoms with E-state index in [9.17, 15) is 4.79 Å². The van der Waals surface area contributed by atoms with E-state index in [2.05, 4.69) is 17.3 Å². The molecule has 1 heterocycles. The van der Waals surface area contributed by atoms with E-state index in [1.165, 1.54) is 17.3 Å².